The molecule has 1 fully saturated rings. The molecule has 7 nitrogen and oxygen atoms in total. The zero-order valence-electron chi connectivity index (χ0n) is 16.5. The number of fused-ring (bicyclic) bond motifs is 1. The van der Waals surface area contributed by atoms with Gasteiger partial charge < -0.3 is 14.4 Å². The molecule has 4 rings (SSSR count). The summed E-state index contributed by atoms with van der Waals surface area (Å²) < 4.78 is 38.1. The monoisotopic (exact) mass is 416 g/mol. The van der Waals surface area contributed by atoms with E-state index in [4.69, 9.17) is 9.47 Å². The van der Waals surface area contributed by atoms with Gasteiger partial charge in [0.05, 0.1) is 30.8 Å². The van der Waals surface area contributed by atoms with E-state index in [1.807, 2.05) is 31.2 Å². The largest absolute Gasteiger partial charge is 0.496 e. The fourth-order valence-electron chi connectivity index (χ4n) is 3.96. The number of hydrogen-bond donors (Lipinski definition) is 0. The van der Waals surface area contributed by atoms with Crippen molar-refractivity contribution in [1.82, 2.24) is 4.31 Å². The van der Waals surface area contributed by atoms with Gasteiger partial charge in [-0.1, -0.05) is 18.2 Å². The maximum Gasteiger partial charge on any atom is 0.262 e. The Hall–Kier alpha value is -2.42. The van der Waals surface area contributed by atoms with E-state index in [-0.39, 0.29) is 22.4 Å². The molecular formula is C21H24N2O5S. The first kappa shape index (κ1) is 19.9. The number of benzene rings is 2. The smallest absolute Gasteiger partial charge is 0.262 e. The van der Waals surface area contributed by atoms with E-state index < -0.39 is 10.0 Å². The van der Waals surface area contributed by atoms with Crippen molar-refractivity contribution in [1.29, 1.82) is 0 Å². The van der Waals surface area contributed by atoms with Gasteiger partial charge >= 0.3 is 0 Å². The molecule has 0 radical (unpaired) electrons. The van der Waals surface area contributed by atoms with Crippen molar-refractivity contribution in [2.45, 2.75) is 24.3 Å². The number of anilines is 1. The molecule has 0 aliphatic carbocycles. The highest BCUT2D eigenvalue weighted by Gasteiger charge is 2.34. The predicted molar refractivity (Wildman–Crippen MR) is 109 cm³/mol. The van der Waals surface area contributed by atoms with Crippen LogP contribution in [0.3, 0.4) is 0 Å². The zero-order chi connectivity index (χ0) is 20.6. The second-order valence-corrected chi connectivity index (χ2v) is 9.17. The van der Waals surface area contributed by atoms with Gasteiger partial charge in [-0.05, 0) is 43.2 Å². The number of methoxy groups -OCH3 is 1. The summed E-state index contributed by atoms with van der Waals surface area (Å²) in [6, 6.07) is 12.2. The second kappa shape index (κ2) is 7.78. The quantitative estimate of drug-likeness (QED) is 0.765. The molecule has 2 aromatic rings. The van der Waals surface area contributed by atoms with E-state index in [0.29, 0.717) is 32.1 Å². The Kier molecular flexibility index (Phi) is 5.33. The van der Waals surface area contributed by atoms with Crippen molar-refractivity contribution in [2.24, 2.45) is 0 Å². The van der Waals surface area contributed by atoms with Crippen LogP contribution >= 0.6 is 0 Å². The molecule has 1 saturated heterocycles. The van der Waals surface area contributed by atoms with Gasteiger partial charge in [0, 0.05) is 24.8 Å². The fraction of sp³-hybridized carbons (Fsp3) is 0.381. The van der Waals surface area contributed by atoms with Gasteiger partial charge in [-0.15, -0.1) is 0 Å². The van der Waals surface area contributed by atoms with Crippen LogP contribution in [0.15, 0.2) is 47.4 Å². The molecule has 0 unspecified atom stereocenters. The van der Waals surface area contributed by atoms with Gasteiger partial charge in [-0.25, -0.2) is 8.42 Å². The molecule has 1 amide bonds. The molecule has 0 spiro atoms. The fourth-order valence-corrected chi connectivity index (χ4v) is 5.39. The minimum atomic E-state index is -3.71. The summed E-state index contributed by atoms with van der Waals surface area (Å²) in [7, 11) is -2.24. The molecule has 0 N–H and O–H groups in total. The number of nitrogens with zero attached hydrogens (tertiary/aromatic N) is 2. The summed E-state index contributed by atoms with van der Waals surface area (Å²) in [6.45, 7) is 3.31. The maximum atomic E-state index is 13.5. The van der Waals surface area contributed by atoms with Crippen LogP contribution in [0.4, 0.5) is 5.69 Å². The number of carbonyl (C=O) groups is 1. The standard InChI is InChI=1S/C21H24N2O5S/c1-15-13-16-5-3-4-6-19(16)23(15)21(24)18-14-17(7-8-20(18)27-2)29(25,26)22-9-11-28-12-10-22/h3-8,14-15H,9-13H2,1-2H3/t15-/m1/s1. The number of rotatable bonds is 4. The molecule has 0 aromatic heterocycles. The van der Waals surface area contributed by atoms with Crippen molar-refractivity contribution in [3.8, 4) is 5.75 Å². The predicted octanol–water partition coefficient (Wildman–Crippen LogP) is 2.31. The third-order valence-corrected chi connectivity index (χ3v) is 7.33. The topological polar surface area (TPSA) is 76.1 Å². The van der Waals surface area contributed by atoms with Crippen molar-refractivity contribution in [3.05, 3.63) is 53.6 Å². The molecule has 154 valence electrons. The van der Waals surface area contributed by atoms with Crippen LogP contribution < -0.4 is 9.64 Å². The number of ether oxygens (including phenoxy) is 2. The SMILES string of the molecule is COc1ccc(S(=O)(=O)N2CCOCC2)cc1C(=O)N1c2ccccc2C[C@H]1C. The Morgan fingerprint density at radius 2 is 1.86 bits per heavy atom. The molecule has 0 saturated carbocycles. The number of hydrogen-bond acceptors (Lipinski definition) is 5. The van der Waals surface area contributed by atoms with Crippen LogP contribution in [-0.4, -0.2) is 58.1 Å². The van der Waals surface area contributed by atoms with E-state index in [2.05, 4.69) is 0 Å². The number of morpholine rings is 1. The summed E-state index contributed by atoms with van der Waals surface area (Å²) >= 11 is 0. The maximum absolute atomic E-state index is 13.5. The van der Waals surface area contributed by atoms with E-state index in [1.165, 1.54) is 23.5 Å². The van der Waals surface area contributed by atoms with Crippen LogP contribution in [-0.2, 0) is 21.2 Å². The Balaban J connectivity index is 1.74. The summed E-state index contributed by atoms with van der Waals surface area (Å²) in [4.78, 5) is 15.3. The van der Waals surface area contributed by atoms with Crippen LogP contribution in [0.5, 0.6) is 5.75 Å². The number of para-hydroxylation sites is 1. The highest BCUT2D eigenvalue weighted by atomic mass is 32.2. The zero-order valence-corrected chi connectivity index (χ0v) is 17.3. The average molecular weight is 416 g/mol. The first-order valence-corrected chi connectivity index (χ1v) is 11.0. The lowest BCUT2D eigenvalue weighted by atomic mass is 10.1. The van der Waals surface area contributed by atoms with E-state index >= 15 is 0 Å². The molecule has 1 atom stereocenters. The van der Waals surface area contributed by atoms with Crippen molar-refractivity contribution >= 4 is 21.6 Å². The number of sulfonamides is 1. The normalized spacial score (nSPS) is 19.8. The number of carbonyl (C=O) groups excluding carboxylic acids is 1. The summed E-state index contributed by atoms with van der Waals surface area (Å²) in [5, 5.41) is 0. The molecule has 2 aliphatic heterocycles. The van der Waals surface area contributed by atoms with Crippen LogP contribution in [0.1, 0.15) is 22.8 Å². The van der Waals surface area contributed by atoms with E-state index in [0.717, 1.165) is 17.7 Å². The van der Waals surface area contributed by atoms with Gasteiger partial charge in [-0.2, -0.15) is 4.31 Å². The Labute approximate surface area is 170 Å². The summed E-state index contributed by atoms with van der Waals surface area (Å²) in [5.41, 5.74) is 2.20. The van der Waals surface area contributed by atoms with Gasteiger partial charge in [0.2, 0.25) is 10.0 Å². The first-order valence-electron chi connectivity index (χ1n) is 9.61. The van der Waals surface area contributed by atoms with Gasteiger partial charge in [0.15, 0.2) is 0 Å². The Bertz CT molecular complexity index is 1030. The van der Waals surface area contributed by atoms with Crippen molar-refractivity contribution in [3.63, 3.8) is 0 Å². The molecule has 0 bridgehead atoms. The molecule has 2 aliphatic rings. The average Bonchev–Trinajstić information content (AvgIpc) is 3.09. The van der Waals surface area contributed by atoms with Gasteiger partial charge in [0.1, 0.15) is 5.75 Å². The highest BCUT2D eigenvalue weighted by Crippen LogP contribution is 2.35. The molecular weight excluding hydrogens is 392 g/mol. The van der Waals surface area contributed by atoms with E-state index in [1.54, 1.807) is 11.0 Å². The lowest BCUT2D eigenvalue weighted by Crippen LogP contribution is -2.40. The van der Waals surface area contributed by atoms with Crippen molar-refractivity contribution < 1.29 is 22.7 Å². The van der Waals surface area contributed by atoms with Gasteiger partial charge in [-0.3, -0.25) is 4.79 Å². The Morgan fingerprint density at radius 3 is 2.59 bits per heavy atom. The lowest BCUT2D eigenvalue weighted by Gasteiger charge is -2.27. The first-order chi connectivity index (χ1) is 13.9. The molecule has 8 heteroatoms. The molecule has 2 aromatic carbocycles. The summed E-state index contributed by atoms with van der Waals surface area (Å²) in [5.74, 6) is 0.0887. The Morgan fingerprint density at radius 1 is 1.14 bits per heavy atom. The molecule has 29 heavy (non-hydrogen) atoms. The third-order valence-electron chi connectivity index (χ3n) is 5.44. The minimum Gasteiger partial charge on any atom is -0.496 e. The van der Waals surface area contributed by atoms with Crippen molar-refractivity contribution in [2.75, 3.05) is 38.3 Å². The number of amides is 1. The second-order valence-electron chi connectivity index (χ2n) is 7.24. The summed E-state index contributed by atoms with van der Waals surface area (Å²) in [6.07, 6.45) is 0.760. The van der Waals surface area contributed by atoms with Crippen LogP contribution in [0.25, 0.3) is 0 Å². The van der Waals surface area contributed by atoms with Gasteiger partial charge in [0.25, 0.3) is 5.91 Å². The highest BCUT2D eigenvalue weighted by molar-refractivity contribution is 7.89. The third kappa shape index (κ3) is 3.52. The molecule has 2 heterocycles. The van der Waals surface area contributed by atoms with Crippen LogP contribution in [0.2, 0.25) is 0 Å². The van der Waals surface area contributed by atoms with Crippen LogP contribution in [0, 0.1) is 0 Å². The van der Waals surface area contributed by atoms with E-state index in [9.17, 15) is 13.2 Å². The minimum absolute atomic E-state index is 0.0240. The lowest BCUT2D eigenvalue weighted by molar-refractivity contribution is 0.0730.